The van der Waals surface area contributed by atoms with Crippen LogP contribution in [0.25, 0.3) is 10.8 Å². The number of aromatic nitrogens is 2. The molecule has 2 N–H and O–H groups in total. The zero-order chi connectivity index (χ0) is 19.0. The van der Waals surface area contributed by atoms with Crippen molar-refractivity contribution in [1.82, 2.24) is 9.78 Å². The SMILES string of the molecule is O=C(Cn1nc(C(=O)O)c2ccccc2c1=O)Nc1ccc2c(c1)CCC2. The molecule has 0 unspecified atom stereocenters. The number of fused-ring (bicyclic) bond motifs is 2. The van der Waals surface area contributed by atoms with Gasteiger partial charge in [0.1, 0.15) is 6.54 Å². The topological polar surface area (TPSA) is 101 Å². The number of carbonyl (C=O) groups excluding carboxylic acids is 1. The third-order valence-corrected chi connectivity index (χ3v) is 4.75. The Bertz CT molecular complexity index is 1130. The number of rotatable bonds is 4. The molecule has 0 spiro atoms. The molecule has 1 aliphatic carbocycles. The van der Waals surface area contributed by atoms with Crippen LogP contribution in [0.5, 0.6) is 0 Å². The second kappa shape index (κ2) is 6.68. The molecule has 4 rings (SSSR count). The molecule has 2 aromatic carbocycles. The van der Waals surface area contributed by atoms with Crippen molar-refractivity contribution in [3.8, 4) is 0 Å². The summed E-state index contributed by atoms with van der Waals surface area (Å²) in [5, 5.41) is 16.5. The van der Waals surface area contributed by atoms with E-state index < -0.39 is 17.4 Å². The first-order valence-electron chi connectivity index (χ1n) is 8.68. The first kappa shape index (κ1) is 17.0. The highest BCUT2D eigenvalue weighted by molar-refractivity contribution is 6.01. The van der Waals surface area contributed by atoms with Gasteiger partial charge >= 0.3 is 5.97 Å². The molecule has 0 radical (unpaired) electrons. The van der Waals surface area contributed by atoms with Gasteiger partial charge in [-0.05, 0) is 48.6 Å². The molecule has 1 amide bonds. The highest BCUT2D eigenvalue weighted by Crippen LogP contribution is 2.24. The maximum absolute atomic E-state index is 12.6. The minimum absolute atomic E-state index is 0.218. The van der Waals surface area contributed by atoms with Crippen LogP contribution in [0.1, 0.15) is 28.0 Å². The van der Waals surface area contributed by atoms with Crippen molar-refractivity contribution in [3.63, 3.8) is 0 Å². The number of aromatic carboxylic acids is 1. The largest absolute Gasteiger partial charge is 0.476 e. The van der Waals surface area contributed by atoms with Crippen LogP contribution in [0.4, 0.5) is 5.69 Å². The number of aryl methyl sites for hydroxylation is 2. The van der Waals surface area contributed by atoms with Crippen molar-refractivity contribution in [2.45, 2.75) is 25.8 Å². The molecule has 3 aromatic rings. The first-order valence-corrected chi connectivity index (χ1v) is 8.68. The lowest BCUT2D eigenvalue weighted by Crippen LogP contribution is -2.31. The lowest BCUT2D eigenvalue weighted by molar-refractivity contribution is -0.117. The number of amides is 1. The standard InChI is InChI=1S/C20H17N3O4/c24-17(21-14-9-8-12-4-3-5-13(12)10-14)11-23-19(25)16-7-2-1-6-15(16)18(22-23)20(26)27/h1-2,6-10H,3-5,11H2,(H,21,24)(H,26,27). The normalized spacial score (nSPS) is 12.7. The summed E-state index contributed by atoms with van der Waals surface area (Å²) in [5.74, 6) is -1.69. The van der Waals surface area contributed by atoms with E-state index in [4.69, 9.17) is 0 Å². The van der Waals surface area contributed by atoms with Gasteiger partial charge in [-0.25, -0.2) is 9.48 Å². The van der Waals surface area contributed by atoms with E-state index in [2.05, 4.69) is 10.4 Å². The molecule has 0 saturated carbocycles. The lowest BCUT2D eigenvalue weighted by Gasteiger charge is -2.10. The Morgan fingerprint density at radius 2 is 1.81 bits per heavy atom. The third kappa shape index (κ3) is 3.19. The van der Waals surface area contributed by atoms with Gasteiger partial charge in [0.2, 0.25) is 5.91 Å². The van der Waals surface area contributed by atoms with E-state index in [1.54, 1.807) is 12.1 Å². The van der Waals surface area contributed by atoms with Crippen molar-refractivity contribution in [2.24, 2.45) is 0 Å². The Labute approximate surface area is 154 Å². The van der Waals surface area contributed by atoms with Gasteiger partial charge in [-0.1, -0.05) is 24.3 Å². The number of benzene rings is 2. The third-order valence-electron chi connectivity index (χ3n) is 4.75. The van der Waals surface area contributed by atoms with Crippen molar-refractivity contribution in [2.75, 3.05) is 5.32 Å². The van der Waals surface area contributed by atoms with Gasteiger partial charge in [0, 0.05) is 11.1 Å². The average Bonchev–Trinajstić information content (AvgIpc) is 3.11. The van der Waals surface area contributed by atoms with E-state index in [0.717, 1.165) is 23.9 Å². The van der Waals surface area contributed by atoms with Crippen molar-refractivity contribution < 1.29 is 14.7 Å². The predicted octanol–water partition coefficient (Wildman–Crippen LogP) is 2.22. The smallest absolute Gasteiger partial charge is 0.357 e. The maximum atomic E-state index is 12.6. The summed E-state index contributed by atoms with van der Waals surface area (Å²) in [7, 11) is 0. The minimum atomic E-state index is -1.25. The van der Waals surface area contributed by atoms with Crippen LogP contribution in [-0.2, 0) is 24.2 Å². The first-order chi connectivity index (χ1) is 13.0. The fourth-order valence-electron chi connectivity index (χ4n) is 3.49. The summed E-state index contributed by atoms with van der Waals surface area (Å²) in [6.07, 6.45) is 3.16. The molecular weight excluding hydrogens is 346 g/mol. The van der Waals surface area contributed by atoms with E-state index >= 15 is 0 Å². The summed E-state index contributed by atoms with van der Waals surface area (Å²) in [6, 6.07) is 12.1. The summed E-state index contributed by atoms with van der Waals surface area (Å²) in [4.78, 5) is 36.5. The zero-order valence-corrected chi connectivity index (χ0v) is 14.4. The highest BCUT2D eigenvalue weighted by atomic mass is 16.4. The second-order valence-electron chi connectivity index (χ2n) is 6.55. The lowest BCUT2D eigenvalue weighted by atomic mass is 10.1. The van der Waals surface area contributed by atoms with Gasteiger partial charge in [-0.2, -0.15) is 5.10 Å². The monoisotopic (exact) mass is 363 g/mol. The van der Waals surface area contributed by atoms with E-state index in [0.29, 0.717) is 5.69 Å². The molecule has 1 heterocycles. The molecule has 0 atom stereocenters. The van der Waals surface area contributed by atoms with E-state index in [1.807, 2.05) is 18.2 Å². The van der Waals surface area contributed by atoms with Crippen LogP contribution in [0, 0.1) is 0 Å². The molecule has 0 aliphatic heterocycles. The molecule has 7 nitrogen and oxygen atoms in total. The van der Waals surface area contributed by atoms with Gasteiger partial charge < -0.3 is 10.4 Å². The number of nitrogens with zero attached hydrogens (tertiary/aromatic N) is 2. The van der Waals surface area contributed by atoms with Crippen LogP contribution in [0.3, 0.4) is 0 Å². The Morgan fingerprint density at radius 3 is 2.59 bits per heavy atom. The minimum Gasteiger partial charge on any atom is -0.476 e. The molecule has 136 valence electrons. The van der Waals surface area contributed by atoms with E-state index in [-0.39, 0.29) is 23.0 Å². The quantitative estimate of drug-likeness (QED) is 0.740. The molecule has 0 bridgehead atoms. The molecule has 1 aromatic heterocycles. The number of carboxylic acid groups (broad SMARTS) is 1. The summed E-state index contributed by atoms with van der Waals surface area (Å²) < 4.78 is 0.897. The van der Waals surface area contributed by atoms with Crippen LogP contribution in [0.15, 0.2) is 47.3 Å². The van der Waals surface area contributed by atoms with E-state index in [1.165, 1.54) is 23.3 Å². The van der Waals surface area contributed by atoms with Crippen LogP contribution < -0.4 is 10.9 Å². The summed E-state index contributed by atoms with van der Waals surface area (Å²) >= 11 is 0. The summed E-state index contributed by atoms with van der Waals surface area (Å²) in [6.45, 7) is -0.360. The number of carbonyl (C=O) groups is 2. The van der Waals surface area contributed by atoms with Crippen molar-refractivity contribution in [3.05, 3.63) is 69.6 Å². The maximum Gasteiger partial charge on any atom is 0.357 e. The van der Waals surface area contributed by atoms with Gasteiger partial charge in [0.25, 0.3) is 5.56 Å². The Morgan fingerprint density at radius 1 is 1.07 bits per heavy atom. The number of anilines is 1. The number of carboxylic acids is 1. The van der Waals surface area contributed by atoms with Crippen LogP contribution >= 0.6 is 0 Å². The molecule has 27 heavy (non-hydrogen) atoms. The molecule has 7 heteroatoms. The highest BCUT2D eigenvalue weighted by Gasteiger charge is 2.17. The second-order valence-corrected chi connectivity index (χ2v) is 6.55. The molecule has 1 aliphatic rings. The summed E-state index contributed by atoms with van der Waals surface area (Å²) in [5.41, 5.74) is 2.43. The average molecular weight is 363 g/mol. The molecule has 0 saturated heterocycles. The number of hydrogen-bond acceptors (Lipinski definition) is 4. The number of hydrogen-bond donors (Lipinski definition) is 2. The Balaban J connectivity index is 1.63. The fraction of sp³-hybridized carbons (Fsp3) is 0.200. The van der Waals surface area contributed by atoms with Crippen molar-refractivity contribution >= 4 is 28.3 Å². The Kier molecular flexibility index (Phi) is 4.19. The number of nitrogens with one attached hydrogen (secondary N) is 1. The van der Waals surface area contributed by atoms with Gasteiger partial charge in [0.15, 0.2) is 5.69 Å². The van der Waals surface area contributed by atoms with E-state index in [9.17, 15) is 19.5 Å². The van der Waals surface area contributed by atoms with Crippen LogP contribution in [0.2, 0.25) is 0 Å². The zero-order valence-electron chi connectivity index (χ0n) is 14.4. The Hall–Kier alpha value is -3.48. The molecular formula is C20H17N3O4. The van der Waals surface area contributed by atoms with Crippen molar-refractivity contribution in [1.29, 1.82) is 0 Å². The molecule has 0 fully saturated rings. The fourth-order valence-corrected chi connectivity index (χ4v) is 3.49. The van der Waals surface area contributed by atoms with Gasteiger partial charge in [-0.15, -0.1) is 0 Å². The van der Waals surface area contributed by atoms with Crippen LogP contribution in [-0.4, -0.2) is 26.8 Å². The predicted molar refractivity (Wildman–Crippen MR) is 100 cm³/mol. The van der Waals surface area contributed by atoms with Gasteiger partial charge in [-0.3, -0.25) is 9.59 Å². The van der Waals surface area contributed by atoms with Gasteiger partial charge in [0.05, 0.1) is 5.39 Å².